The van der Waals surface area contributed by atoms with Crippen LogP contribution in [0.25, 0.3) is 10.9 Å². The van der Waals surface area contributed by atoms with Crippen molar-refractivity contribution in [2.75, 3.05) is 13.2 Å². The first-order chi connectivity index (χ1) is 9.47. The molecule has 3 nitrogen and oxygen atoms in total. The second-order valence-corrected chi connectivity index (χ2v) is 6.45. The fourth-order valence-electron chi connectivity index (χ4n) is 2.62. The smallest absolute Gasteiger partial charge is 0.0610 e. The second kappa shape index (κ2) is 5.98. The highest BCUT2D eigenvalue weighted by Crippen LogP contribution is 2.29. The standard InChI is InChI=1S/C17H26N2O/c1-17(2,3)14-6-7-16-15(11-14)13(5-4-8-18)12-19(16)9-10-20/h6-7,11-12,20H,4-5,8-10,18H2,1-3H3. The number of aromatic nitrogens is 1. The summed E-state index contributed by atoms with van der Waals surface area (Å²) in [5, 5.41) is 10.5. The molecule has 0 aliphatic rings. The second-order valence-electron chi connectivity index (χ2n) is 6.45. The average molecular weight is 274 g/mol. The zero-order valence-electron chi connectivity index (χ0n) is 12.8. The summed E-state index contributed by atoms with van der Waals surface area (Å²) in [6.45, 7) is 8.23. The number of nitrogens with two attached hydrogens (primary N) is 1. The Kier molecular flexibility index (Phi) is 4.51. The molecule has 110 valence electrons. The molecule has 3 heteroatoms. The number of nitrogens with zero attached hydrogens (tertiary/aromatic N) is 1. The van der Waals surface area contributed by atoms with Gasteiger partial charge < -0.3 is 15.4 Å². The van der Waals surface area contributed by atoms with E-state index in [2.05, 4.69) is 49.7 Å². The Bertz CT molecular complexity index is 578. The maximum Gasteiger partial charge on any atom is 0.0610 e. The van der Waals surface area contributed by atoms with Crippen LogP contribution in [-0.4, -0.2) is 22.8 Å². The lowest BCUT2D eigenvalue weighted by atomic mass is 9.86. The van der Waals surface area contributed by atoms with Gasteiger partial charge in [0.2, 0.25) is 0 Å². The van der Waals surface area contributed by atoms with Crippen LogP contribution in [0.15, 0.2) is 24.4 Å². The minimum Gasteiger partial charge on any atom is -0.395 e. The van der Waals surface area contributed by atoms with Gasteiger partial charge in [-0.2, -0.15) is 0 Å². The Morgan fingerprint density at radius 3 is 2.60 bits per heavy atom. The van der Waals surface area contributed by atoms with Gasteiger partial charge in [0.15, 0.2) is 0 Å². The molecule has 0 radical (unpaired) electrons. The van der Waals surface area contributed by atoms with Crippen molar-refractivity contribution in [2.24, 2.45) is 5.73 Å². The fraction of sp³-hybridized carbons (Fsp3) is 0.529. The van der Waals surface area contributed by atoms with Crippen LogP contribution >= 0.6 is 0 Å². The Hall–Kier alpha value is -1.32. The van der Waals surface area contributed by atoms with Crippen molar-refractivity contribution in [3.05, 3.63) is 35.5 Å². The van der Waals surface area contributed by atoms with Gasteiger partial charge in [-0.05, 0) is 48.1 Å². The monoisotopic (exact) mass is 274 g/mol. The molecule has 2 aromatic rings. The molecule has 2 rings (SSSR count). The van der Waals surface area contributed by atoms with E-state index in [-0.39, 0.29) is 12.0 Å². The van der Waals surface area contributed by atoms with Gasteiger partial charge >= 0.3 is 0 Å². The first-order valence-electron chi connectivity index (χ1n) is 7.40. The van der Waals surface area contributed by atoms with Crippen molar-refractivity contribution in [3.8, 4) is 0 Å². The first kappa shape index (κ1) is 15.1. The summed E-state index contributed by atoms with van der Waals surface area (Å²) in [6.07, 6.45) is 4.17. The maximum atomic E-state index is 9.21. The molecule has 0 atom stereocenters. The Morgan fingerprint density at radius 1 is 1.25 bits per heavy atom. The topological polar surface area (TPSA) is 51.2 Å². The maximum absolute atomic E-state index is 9.21. The van der Waals surface area contributed by atoms with Crippen LogP contribution in [0.4, 0.5) is 0 Å². The number of benzene rings is 1. The molecule has 1 aromatic carbocycles. The fourth-order valence-corrected chi connectivity index (χ4v) is 2.62. The molecule has 0 spiro atoms. The molecule has 1 aromatic heterocycles. The van der Waals surface area contributed by atoms with Gasteiger partial charge in [0.25, 0.3) is 0 Å². The first-order valence-corrected chi connectivity index (χ1v) is 7.40. The molecular formula is C17H26N2O. The lowest BCUT2D eigenvalue weighted by molar-refractivity contribution is 0.278. The van der Waals surface area contributed by atoms with Crippen LogP contribution in [0.1, 0.15) is 38.3 Å². The summed E-state index contributed by atoms with van der Waals surface area (Å²) in [4.78, 5) is 0. The van der Waals surface area contributed by atoms with Gasteiger partial charge in [-0.1, -0.05) is 26.8 Å². The predicted octanol–water partition coefficient (Wildman–Crippen LogP) is 2.82. The molecule has 20 heavy (non-hydrogen) atoms. The highest BCUT2D eigenvalue weighted by molar-refractivity contribution is 5.85. The van der Waals surface area contributed by atoms with Crippen molar-refractivity contribution in [1.29, 1.82) is 0 Å². The van der Waals surface area contributed by atoms with E-state index in [1.54, 1.807) is 0 Å². The molecule has 0 saturated heterocycles. The van der Waals surface area contributed by atoms with Crippen molar-refractivity contribution in [1.82, 2.24) is 4.57 Å². The molecule has 0 fully saturated rings. The molecule has 0 bridgehead atoms. The highest BCUT2D eigenvalue weighted by Gasteiger charge is 2.16. The van der Waals surface area contributed by atoms with Crippen molar-refractivity contribution in [2.45, 2.75) is 45.6 Å². The van der Waals surface area contributed by atoms with E-state index in [1.807, 2.05) is 0 Å². The minimum atomic E-state index is 0.151. The summed E-state index contributed by atoms with van der Waals surface area (Å²) in [5.41, 5.74) is 9.68. The molecular weight excluding hydrogens is 248 g/mol. The van der Waals surface area contributed by atoms with Gasteiger partial charge in [-0.25, -0.2) is 0 Å². The quantitative estimate of drug-likeness (QED) is 0.881. The molecule has 0 saturated carbocycles. The Morgan fingerprint density at radius 2 is 2.00 bits per heavy atom. The van der Waals surface area contributed by atoms with E-state index in [0.29, 0.717) is 13.1 Å². The predicted molar refractivity (Wildman–Crippen MR) is 85.1 cm³/mol. The molecule has 0 aliphatic heterocycles. The van der Waals surface area contributed by atoms with Gasteiger partial charge in [-0.3, -0.25) is 0 Å². The van der Waals surface area contributed by atoms with Gasteiger partial charge in [-0.15, -0.1) is 0 Å². The number of aliphatic hydroxyl groups excluding tert-OH is 1. The molecule has 3 N–H and O–H groups in total. The van der Waals surface area contributed by atoms with E-state index in [9.17, 15) is 5.11 Å². The number of aryl methyl sites for hydroxylation is 1. The van der Waals surface area contributed by atoms with Gasteiger partial charge in [0.05, 0.1) is 6.61 Å². The normalized spacial score (nSPS) is 12.2. The zero-order valence-corrected chi connectivity index (χ0v) is 12.8. The third kappa shape index (κ3) is 3.05. The number of rotatable bonds is 5. The largest absolute Gasteiger partial charge is 0.395 e. The van der Waals surface area contributed by atoms with Crippen LogP contribution in [0.2, 0.25) is 0 Å². The van der Waals surface area contributed by atoms with E-state index in [4.69, 9.17) is 5.73 Å². The number of hydrogen-bond acceptors (Lipinski definition) is 2. The summed E-state index contributed by atoms with van der Waals surface area (Å²) in [7, 11) is 0. The number of aliphatic hydroxyl groups is 1. The average Bonchev–Trinajstić information content (AvgIpc) is 2.74. The van der Waals surface area contributed by atoms with Crippen LogP contribution in [0.3, 0.4) is 0 Å². The van der Waals surface area contributed by atoms with Gasteiger partial charge in [0, 0.05) is 23.6 Å². The highest BCUT2D eigenvalue weighted by atomic mass is 16.3. The minimum absolute atomic E-state index is 0.151. The summed E-state index contributed by atoms with van der Waals surface area (Å²) < 4.78 is 2.15. The van der Waals surface area contributed by atoms with E-state index >= 15 is 0 Å². The van der Waals surface area contributed by atoms with Crippen LogP contribution in [-0.2, 0) is 18.4 Å². The van der Waals surface area contributed by atoms with Crippen LogP contribution < -0.4 is 5.73 Å². The summed E-state index contributed by atoms with van der Waals surface area (Å²) in [6, 6.07) is 6.68. The molecule has 1 heterocycles. The summed E-state index contributed by atoms with van der Waals surface area (Å²) in [5.74, 6) is 0. The Labute approximate surface area is 121 Å². The van der Waals surface area contributed by atoms with Crippen LogP contribution in [0, 0.1) is 0 Å². The molecule has 0 amide bonds. The molecule has 0 aliphatic carbocycles. The van der Waals surface area contributed by atoms with Crippen molar-refractivity contribution < 1.29 is 5.11 Å². The number of fused-ring (bicyclic) bond motifs is 1. The zero-order chi connectivity index (χ0) is 14.8. The number of hydrogen-bond donors (Lipinski definition) is 2. The van der Waals surface area contributed by atoms with E-state index in [1.165, 1.54) is 22.0 Å². The van der Waals surface area contributed by atoms with Crippen molar-refractivity contribution >= 4 is 10.9 Å². The van der Waals surface area contributed by atoms with Gasteiger partial charge in [0.1, 0.15) is 0 Å². The SMILES string of the molecule is CC(C)(C)c1ccc2c(c1)c(CCCN)cn2CCO. The van der Waals surface area contributed by atoms with E-state index < -0.39 is 0 Å². The lowest BCUT2D eigenvalue weighted by Gasteiger charge is -2.19. The third-order valence-electron chi connectivity index (χ3n) is 3.82. The Balaban J connectivity index is 2.52. The molecule has 0 unspecified atom stereocenters. The third-order valence-corrected chi connectivity index (χ3v) is 3.82. The van der Waals surface area contributed by atoms with E-state index in [0.717, 1.165) is 12.8 Å². The lowest BCUT2D eigenvalue weighted by Crippen LogP contribution is -2.10. The van der Waals surface area contributed by atoms with Crippen molar-refractivity contribution in [3.63, 3.8) is 0 Å². The summed E-state index contributed by atoms with van der Waals surface area (Å²) >= 11 is 0. The van der Waals surface area contributed by atoms with Crippen LogP contribution in [0.5, 0.6) is 0 Å².